The second kappa shape index (κ2) is 4.64. The smallest absolute Gasteiger partial charge is 0.0765 e. The Hall–Kier alpha value is -0.770. The molecule has 1 rings (SSSR count). The normalized spacial score (nSPS) is 9.79. The first kappa shape index (κ1) is 11.3. The van der Waals surface area contributed by atoms with Crippen LogP contribution < -0.4 is 31.2 Å². The number of hydrogen-bond donors (Lipinski definition) is 4. The van der Waals surface area contributed by atoms with Crippen LogP contribution in [0.5, 0.6) is 0 Å². The van der Waals surface area contributed by atoms with E-state index in [-0.39, 0.29) is 0 Å². The number of hydrazine groups is 3. The number of nitrogens with zero attached hydrogens (tertiary/aromatic N) is 2. The molecule has 0 unspecified atom stereocenters. The van der Waals surface area contributed by atoms with Crippen LogP contribution in [0.25, 0.3) is 0 Å². The lowest BCUT2D eigenvalue weighted by Crippen LogP contribution is -2.38. The van der Waals surface area contributed by atoms with Gasteiger partial charge in [0.25, 0.3) is 0 Å². The molecule has 0 saturated heterocycles. The largest absolute Gasteiger partial charge is 0.388 e. The zero-order valence-electron chi connectivity index (χ0n) is 7.74. The third-order valence-corrected chi connectivity index (χ3v) is 2.29. The van der Waals surface area contributed by atoms with Crippen molar-refractivity contribution in [1.82, 2.24) is 0 Å². The summed E-state index contributed by atoms with van der Waals surface area (Å²) in [6, 6.07) is 5.50. The molecule has 0 aliphatic heterocycles. The number of nitrogens with two attached hydrogens (primary N) is 3. The summed E-state index contributed by atoms with van der Waals surface area (Å²) in [5.41, 5.74) is 2.39. The predicted octanol–water partition coefficient (Wildman–Crippen LogP) is 0.312. The van der Waals surface area contributed by atoms with E-state index in [0.717, 1.165) is 16.5 Å². The van der Waals surface area contributed by atoms with Gasteiger partial charge in [-0.25, -0.2) is 22.6 Å². The molecule has 0 amide bonds. The minimum atomic E-state index is 0.680. The molecule has 78 valence electrons. The molecule has 6 nitrogen and oxygen atoms in total. The number of anilines is 3. The minimum Gasteiger partial charge on any atom is -0.388 e. The van der Waals surface area contributed by atoms with Crippen molar-refractivity contribution < 1.29 is 0 Å². The number of rotatable bonds is 3. The van der Waals surface area contributed by atoms with Gasteiger partial charge in [0, 0.05) is 12.7 Å². The molecular weight excluding hydrogens is 295 g/mol. The fraction of sp³-hybridized carbons (Fsp3) is 0.143. The maximum Gasteiger partial charge on any atom is 0.0765 e. The molecule has 1 aromatic rings. The Kier molecular flexibility index (Phi) is 3.75. The van der Waals surface area contributed by atoms with Crippen LogP contribution in [0.15, 0.2) is 18.2 Å². The fourth-order valence-corrected chi connectivity index (χ4v) is 1.29. The van der Waals surface area contributed by atoms with Crippen molar-refractivity contribution in [3.63, 3.8) is 0 Å². The Balaban J connectivity index is 3.13. The highest BCUT2D eigenvalue weighted by atomic mass is 127. The van der Waals surface area contributed by atoms with Gasteiger partial charge in [-0.2, -0.15) is 0 Å². The van der Waals surface area contributed by atoms with Crippen LogP contribution in [0.1, 0.15) is 0 Å². The average Bonchev–Trinajstić information content (AvgIpc) is 2.16. The summed E-state index contributed by atoms with van der Waals surface area (Å²) in [4.78, 5) is 0. The molecule has 0 aliphatic carbocycles. The zero-order chi connectivity index (χ0) is 10.7. The standard InChI is InChI=1S/C7H13IN6/c1-12-5-2-6(13(8)9)4-7(3-5)14(10)11/h2-4,12H,9-11H2,1H3. The quantitative estimate of drug-likeness (QED) is 0.278. The van der Waals surface area contributed by atoms with Gasteiger partial charge in [0.05, 0.1) is 34.2 Å². The number of benzene rings is 1. The van der Waals surface area contributed by atoms with Gasteiger partial charge in [-0.15, -0.1) is 0 Å². The van der Waals surface area contributed by atoms with Gasteiger partial charge < -0.3 is 5.32 Å². The van der Waals surface area contributed by atoms with Gasteiger partial charge >= 0.3 is 0 Å². The molecule has 7 N–H and O–H groups in total. The second-order valence-electron chi connectivity index (χ2n) is 2.71. The van der Waals surface area contributed by atoms with Gasteiger partial charge in [0.2, 0.25) is 0 Å². The molecule has 0 bridgehead atoms. The number of halogens is 1. The summed E-state index contributed by atoms with van der Waals surface area (Å²) in [7, 11) is 1.81. The van der Waals surface area contributed by atoms with E-state index in [1.165, 1.54) is 3.22 Å². The lowest BCUT2D eigenvalue weighted by molar-refractivity contribution is 0.925. The van der Waals surface area contributed by atoms with Crippen LogP contribution >= 0.6 is 22.9 Å². The minimum absolute atomic E-state index is 0.680. The Bertz CT molecular complexity index is 287. The van der Waals surface area contributed by atoms with Crippen molar-refractivity contribution in [2.24, 2.45) is 17.5 Å². The lowest BCUT2D eigenvalue weighted by atomic mass is 10.2. The Morgan fingerprint density at radius 2 is 1.71 bits per heavy atom. The Morgan fingerprint density at radius 3 is 2.14 bits per heavy atom. The van der Waals surface area contributed by atoms with E-state index >= 15 is 0 Å². The van der Waals surface area contributed by atoms with Crippen molar-refractivity contribution in [1.29, 1.82) is 0 Å². The van der Waals surface area contributed by atoms with E-state index in [4.69, 9.17) is 17.5 Å². The lowest BCUT2D eigenvalue weighted by Gasteiger charge is -2.17. The van der Waals surface area contributed by atoms with Crippen LogP contribution in [0.2, 0.25) is 0 Å². The third kappa shape index (κ3) is 2.61. The van der Waals surface area contributed by atoms with Gasteiger partial charge in [0.1, 0.15) is 0 Å². The highest BCUT2D eigenvalue weighted by Crippen LogP contribution is 2.25. The van der Waals surface area contributed by atoms with Crippen molar-refractivity contribution in [2.45, 2.75) is 0 Å². The highest BCUT2D eigenvalue weighted by Gasteiger charge is 2.04. The SMILES string of the molecule is CNc1cc(N(N)N)cc(N(N)I)c1. The van der Waals surface area contributed by atoms with Crippen LogP contribution in [0.4, 0.5) is 17.1 Å². The van der Waals surface area contributed by atoms with Crippen molar-refractivity contribution in [3.8, 4) is 0 Å². The van der Waals surface area contributed by atoms with Gasteiger partial charge in [-0.05, 0) is 18.2 Å². The van der Waals surface area contributed by atoms with Crippen LogP contribution in [-0.2, 0) is 0 Å². The average molecular weight is 308 g/mol. The molecule has 0 atom stereocenters. The monoisotopic (exact) mass is 308 g/mol. The fourth-order valence-electron chi connectivity index (χ4n) is 1.01. The highest BCUT2D eigenvalue weighted by molar-refractivity contribution is 14.1. The molecule has 0 heterocycles. The first-order chi connectivity index (χ1) is 6.54. The molecule has 14 heavy (non-hydrogen) atoms. The maximum absolute atomic E-state index is 5.60. The molecule has 0 saturated carbocycles. The summed E-state index contributed by atoms with van der Waals surface area (Å²) in [6.45, 7) is 0. The summed E-state index contributed by atoms with van der Waals surface area (Å²) in [5, 5.41) is 4.04. The van der Waals surface area contributed by atoms with Gasteiger partial charge in [-0.3, -0.25) is 3.22 Å². The summed E-state index contributed by atoms with van der Waals surface area (Å²) in [6.07, 6.45) is 0. The van der Waals surface area contributed by atoms with E-state index in [1.54, 1.807) is 6.07 Å². The van der Waals surface area contributed by atoms with E-state index in [2.05, 4.69) is 5.32 Å². The Labute approximate surface area is 96.4 Å². The second-order valence-corrected chi connectivity index (χ2v) is 3.75. The van der Waals surface area contributed by atoms with Gasteiger partial charge in [0.15, 0.2) is 0 Å². The molecule has 7 heteroatoms. The third-order valence-electron chi connectivity index (χ3n) is 1.74. The van der Waals surface area contributed by atoms with E-state index in [0.29, 0.717) is 5.69 Å². The van der Waals surface area contributed by atoms with Crippen LogP contribution in [0, 0.1) is 0 Å². The van der Waals surface area contributed by atoms with E-state index < -0.39 is 0 Å². The molecule has 0 aliphatic rings. The maximum atomic E-state index is 5.60. The van der Waals surface area contributed by atoms with Crippen molar-refractivity contribution in [3.05, 3.63) is 18.2 Å². The van der Waals surface area contributed by atoms with E-state index in [1.807, 2.05) is 42.0 Å². The molecule has 0 spiro atoms. The number of hydrogen-bond acceptors (Lipinski definition) is 6. The summed E-state index contributed by atoms with van der Waals surface area (Å²) in [5.74, 6) is 16.5. The molecule has 1 aromatic carbocycles. The van der Waals surface area contributed by atoms with Crippen molar-refractivity contribution in [2.75, 3.05) is 20.7 Å². The molecular formula is C7H13IN6. The zero-order valence-corrected chi connectivity index (χ0v) is 9.89. The predicted molar refractivity (Wildman–Crippen MR) is 67.5 cm³/mol. The van der Waals surface area contributed by atoms with Crippen molar-refractivity contribution >= 4 is 39.9 Å². The van der Waals surface area contributed by atoms with E-state index in [9.17, 15) is 0 Å². The van der Waals surface area contributed by atoms with Crippen LogP contribution in [0.3, 0.4) is 0 Å². The summed E-state index contributed by atoms with van der Waals surface area (Å²) >= 11 is 1.96. The Morgan fingerprint density at radius 1 is 1.14 bits per heavy atom. The molecule has 0 fully saturated rings. The first-order valence-corrected chi connectivity index (χ1v) is 4.84. The number of nitrogens with one attached hydrogen (secondary N) is 1. The summed E-state index contributed by atoms with van der Waals surface area (Å²) < 4.78 is 1.46. The first-order valence-electron chi connectivity index (χ1n) is 3.87. The van der Waals surface area contributed by atoms with Crippen LogP contribution in [-0.4, -0.2) is 7.05 Å². The molecule has 0 aromatic heterocycles. The molecule has 0 radical (unpaired) electrons. The van der Waals surface area contributed by atoms with Gasteiger partial charge in [-0.1, -0.05) is 0 Å². The topological polar surface area (TPSA) is 96.6 Å².